The number of phenols is 1. The molecule has 2 aromatic carbocycles. The van der Waals surface area contributed by atoms with Crippen LogP contribution < -0.4 is 0 Å². The Morgan fingerprint density at radius 3 is 2.77 bits per heavy atom. The molecule has 26 heavy (non-hydrogen) atoms. The van der Waals surface area contributed by atoms with Crippen LogP contribution in [-0.4, -0.2) is 41.3 Å². The predicted octanol–water partition coefficient (Wildman–Crippen LogP) is 4.40. The number of phenolic OH excluding ortho intramolecular Hbond substituents is 1. The number of nitrogens with zero attached hydrogens (tertiary/aromatic N) is 2. The van der Waals surface area contributed by atoms with Crippen LogP contribution in [0.1, 0.15) is 11.1 Å². The largest absolute Gasteiger partial charge is 0.506 e. The lowest BCUT2D eigenvalue weighted by Gasteiger charge is -2.26. The maximum Gasteiger partial charge on any atom is 0.134 e. The number of aromatic nitrogens is 1. The molecule has 1 saturated heterocycles. The van der Waals surface area contributed by atoms with Crippen LogP contribution in [0, 0.1) is 6.92 Å². The van der Waals surface area contributed by atoms with E-state index in [9.17, 15) is 5.11 Å². The second kappa shape index (κ2) is 7.23. The number of hydrogen-bond donors (Lipinski definition) is 1. The summed E-state index contributed by atoms with van der Waals surface area (Å²) in [6.07, 6.45) is 0. The Morgan fingerprint density at radius 1 is 1.15 bits per heavy atom. The van der Waals surface area contributed by atoms with Gasteiger partial charge in [-0.15, -0.1) is 0 Å². The van der Waals surface area contributed by atoms with Gasteiger partial charge in [0.2, 0.25) is 0 Å². The molecular formula is C21H21ClN2O2. The van der Waals surface area contributed by atoms with E-state index >= 15 is 0 Å². The number of pyridine rings is 1. The van der Waals surface area contributed by atoms with E-state index in [0.29, 0.717) is 5.02 Å². The zero-order valence-electron chi connectivity index (χ0n) is 14.7. The molecule has 1 fully saturated rings. The number of aromatic hydroxyl groups is 1. The van der Waals surface area contributed by atoms with Crippen LogP contribution in [-0.2, 0) is 11.3 Å². The van der Waals surface area contributed by atoms with Gasteiger partial charge in [0.05, 0.1) is 29.4 Å². The summed E-state index contributed by atoms with van der Waals surface area (Å²) in [6.45, 7) is 6.58. The van der Waals surface area contributed by atoms with Crippen molar-refractivity contribution in [3.05, 3.63) is 58.6 Å². The van der Waals surface area contributed by atoms with Crippen LogP contribution in [0.25, 0.3) is 22.2 Å². The molecule has 0 radical (unpaired) electrons. The molecule has 4 nitrogen and oxygen atoms in total. The molecule has 1 aromatic heterocycles. The third-order valence-corrected chi connectivity index (χ3v) is 5.24. The molecule has 5 heteroatoms. The third-order valence-electron chi connectivity index (χ3n) is 4.84. The van der Waals surface area contributed by atoms with Crippen LogP contribution in [0.3, 0.4) is 0 Å². The number of hydrogen-bond acceptors (Lipinski definition) is 4. The summed E-state index contributed by atoms with van der Waals surface area (Å²) in [5, 5.41) is 11.3. The first-order valence-corrected chi connectivity index (χ1v) is 9.18. The number of benzene rings is 2. The minimum atomic E-state index is 0.0737. The Bertz CT molecular complexity index is 952. The first kappa shape index (κ1) is 17.3. The minimum absolute atomic E-state index is 0.0737. The molecule has 0 unspecified atom stereocenters. The molecule has 1 aliphatic heterocycles. The summed E-state index contributed by atoms with van der Waals surface area (Å²) in [4.78, 5) is 7.18. The zero-order valence-corrected chi connectivity index (χ0v) is 15.5. The Hall–Kier alpha value is -2.14. The molecule has 0 spiro atoms. The van der Waals surface area contributed by atoms with Crippen LogP contribution in [0.5, 0.6) is 5.75 Å². The molecule has 3 aromatic rings. The third kappa shape index (κ3) is 3.40. The molecule has 2 heterocycles. The molecule has 0 saturated carbocycles. The maximum atomic E-state index is 9.86. The quantitative estimate of drug-likeness (QED) is 0.744. The lowest BCUT2D eigenvalue weighted by molar-refractivity contribution is 0.0342. The van der Waals surface area contributed by atoms with E-state index in [0.717, 1.165) is 60.6 Å². The van der Waals surface area contributed by atoms with Crippen LogP contribution in [0.15, 0.2) is 42.5 Å². The van der Waals surface area contributed by atoms with Crippen molar-refractivity contribution in [3.8, 4) is 17.0 Å². The van der Waals surface area contributed by atoms with E-state index in [2.05, 4.69) is 30.0 Å². The molecule has 1 aliphatic rings. The van der Waals surface area contributed by atoms with E-state index in [1.807, 2.05) is 12.1 Å². The second-order valence-corrected chi connectivity index (χ2v) is 7.08. The van der Waals surface area contributed by atoms with Crippen molar-refractivity contribution in [1.29, 1.82) is 0 Å². The summed E-state index contributed by atoms with van der Waals surface area (Å²) >= 11 is 6.26. The molecule has 0 bridgehead atoms. The van der Waals surface area contributed by atoms with Gasteiger partial charge in [-0.2, -0.15) is 0 Å². The van der Waals surface area contributed by atoms with Gasteiger partial charge in [0.1, 0.15) is 5.75 Å². The van der Waals surface area contributed by atoms with E-state index in [-0.39, 0.29) is 5.75 Å². The normalized spacial score (nSPS) is 15.5. The van der Waals surface area contributed by atoms with Gasteiger partial charge in [-0.25, -0.2) is 4.98 Å². The summed E-state index contributed by atoms with van der Waals surface area (Å²) in [5.74, 6) is 0.0737. The fraction of sp³-hybridized carbons (Fsp3) is 0.286. The van der Waals surface area contributed by atoms with Gasteiger partial charge >= 0.3 is 0 Å². The van der Waals surface area contributed by atoms with Gasteiger partial charge in [0.15, 0.2) is 0 Å². The zero-order chi connectivity index (χ0) is 18.1. The van der Waals surface area contributed by atoms with Gasteiger partial charge in [0.25, 0.3) is 0 Å². The molecular weight excluding hydrogens is 348 g/mol. The lowest BCUT2D eigenvalue weighted by Crippen LogP contribution is -2.35. The highest BCUT2D eigenvalue weighted by Gasteiger charge is 2.13. The average Bonchev–Trinajstić information content (AvgIpc) is 2.65. The highest BCUT2D eigenvalue weighted by atomic mass is 35.5. The van der Waals surface area contributed by atoms with Gasteiger partial charge in [-0.1, -0.05) is 29.8 Å². The number of halogens is 1. The number of rotatable bonds is 3. The predicted molar refractivity (Wildman–Crippen MR) is 105 cm³/mol. The number of aryl methyl sites for hydroxylation is 1. The Labute approximate surface area is 158 Å². The highest BCUT2D eigenvalue weighted by Crippen LogP contribution is 2.35. The summed E-state index contributed by atoms with van der Waals surface area (Å²) in [7, 11) is 0. The molecule has 0 amide bonds. The molecule has 1 N–H and O–H groups in total. The fourth-order valence-corrected chi connectivity index (χ4v) is 3.64. The molecule has 0 atom stereocenters. The number of fused-ring (bicyclic) bond motifs is 1. The summed E-state index contributed by atoms with van der Waals surface area (Å²) < 4.78 is 5.42. The van der Waals surface area contributed by atoms with E-state index < -0.39 is 0 Å². The number of morpholine rings is 1. The van der Waals surface area contributed by atoms with Gasteiger partial charge in [-0.3, -0.25) is 4.90 Å². The van der Waals surface area contributed by atoms with Crippen molar-refractivity contribution >= 4 is 22.5 Å². The molecule has 134 valence electrons. The standard InChI is InChI=1S/C21H21ClN2O2/c1-14-11-19(16-3-2-4-20(25)21(16)22)23-18-6-5-15(12-17(14)18)13-24-7-9-26-10-8-24/h2-6,11-12,25H,7-10,13H2,1H3. The Balaban J connectivity index is 1.69. The van der Waals surface area contributed by atoms with Gasteiger partial charge < -0.3 is 9.84 Å². The Kier molecular flexibility index (Phi) is 4.81. The minimum Gasteiger partial charge on any atom is -0.506 e. The average molecular weight is 369 g/mol. The summed E-state index contributed by atoms with van der Waals surface area (Å²) in [6, 6.07) is 13.7. The second-order valence-electron chi connectivity index (χ2n) is 6.70. The van der Waals surface area contributed by atoms with E-state index in [4.69, 9.17) is 21.3 Å². The number of ether oxygens (including phenoxy) is 1. The SMILES string of the molecule is Cc1cc(-c2cccc(O)c2Cl)nc2ccc(CN3CCOCC3)cc12. The maximum absolute atomic E-state index is 9.86. The van der Waals surface area contributed by atoms with E-state index in [1.54, 1.807) is 12.1 Å². The molecule has 0 aliphatic carbocycles. The van der Waals surface area contributed by atoms with Crippen LogP contribution >= 0.6 is 11.6 Å². The first-order chi connectivity index (χ1) is 12.6. The van der Waals surface area contributed by atoms with Crippen molar-refractivity contribution < 1.29 is 9.84 Å². The topological polar surface area (TPSA) is 45.6 Å². The fourth-order valence-electron chi connectivity index (χ4n) is 3.41. The summed E-state index contributed by atoms with van der Waals surface area (Å²) in [5.41, 5.74) is 4.89. The van der Waals surface area contributed by atoms with Crippen LogP contribution in [0.4, 0.5) is 0 Å². The first-order valence-electron chi connectivity index (χ1n) is 8.80. The van der Waals surface area contributed by atoms with Crippen molar-refractivity contribution in [3.63, 3.8) is 0 Å². The van der Waals surface area contributed by atoms with Crippen molar-refractivity contribution in [2.75, 3.05) is 26.3 Å². The molecule has 4 rings (SSSR count). The lowest BCUT2D eigenvalue weighted by atomic mass is 10.0. The van der Waals surface area contributed by atoms with Crippen LogP contribution in [0.2, 0.25) is 5.02 Å². The highest BCUT2D eigenvalue weighted by molar-refractivity contribution is 6.34. The van der Waals surface area contributed by atoms with Crippen molar-refractivity contribution in [1.82, 2.24) is 9.88 Å². The van der Waals surface area contributed by atoms with Crippen molar-refractivity contribution in [2.45, 2.75) is 13.5 Å². The Morgan fingerprint density at radius 2 is 1.96 bits per heavy atom. The smallest absolute Gasteiger partial charge is 0.134 e. The van der Waals surface area contributed by atoms with E-state index in [1.165, 1.54) is 5.56 Å². The van der Waals surface area contributed by atoms with Gasteiger partial charge in [0, 0.05) is 30.6 Å². The monoisotopic (exact) mass is 368 g/mol. The van der Waals surface area contributed by atoms with Crippen molar-refractivity contribution in [2.24, 2.45) is 0 Å². The van der Waals surface area contributed by atoms with Gasteiger partial charge in [-0.05, 0) is 42.3 Å².